The number of carbonyl (C=O) groups is 3. The molecule has 1 aliphatic heterocycles. The van der Waals surface area contributed by atoms with Gasteiger partial charge in [-0.05, 0) is 53.7 Å². The molecular formula is C18H13ClN2O3S. The molecule has 0 spiro atoms. The lowest BCUT2D eigenvalue weighted by molar-refractivity contribution is -0.114. The van der Waals surface area contributed by atoms with Gasteiger partial charge in [0.05, 0.1) is 10.6 Å². The van der Waals surface area contributed by atoms with E-state index in [-0.39, 0.29) is 17.1 Å². The minimum Gasteiger partial charge on any atom is -0.326 e. The molecule has 0 unspecified atom stereocenters. The lowest BCUT2D eigenvalue weighted by Crippen LogP contribution is -2.27. The molecule has 0 aliphatic carbocycles. The van der Waals surface area contributed by atoms with Crippen molar-refractivity contribution >= 4 is 57.9 Å². The van der Waals surface area contributed by atoms with Crippen LogP contribution in [0.3, 0.4) is 0 Å². The highest BCUT2D eigenvalue weighted by atomic mass is 35.5. The van der Waals surface area contributed by atoms with E-state index in [0.29, 0.717) is 21.3 Å². The third-order valence-electron chi connectivity index (χ3n) is 3.39. The summed E-state index contributed by atoms with van der Waals surface area (Å²) >= 11 is 6.81. The lowest BCUT2D eigenvalue weighted by Gasteiger charge is -2.12. The summed E-state index contributed by atoms with van der Waals surface area (Å²) in [6.07, 6.45) is 1.65. The van der Waals surface area contributed by atoms with Crippen molar-refractivity contribution in [3.8, 4) is 0 Å². The number of hydrogen-bond donors (Lipinski definition) is 1. The number of nitrogens with one attached hydrogen (secondary N) is 1. The summed E-state index contributed by atoms with van der Waals surface area (Å²) in [7, 11) is 0. The topological polar surface area (TPSA) is 66.5 Å². The molecule has 2 aromatic rings. The maximum Gasteiger partial charge on any atom is 0.298 e. The standard InChI is InChI=1S/C18H13ClN2O3S/c1-11(22)20-14-7-5-12(6-8-14)9-16-17(23)21(18(24)25-16)15-4-2-3-13(19)10-15/h2-10H,1H3,(H,20,22)/b16-9+. The third-order valence-corrected chi connectivity index (χ3v) is 4.49. The first kappa shape index (κ1) is 17.3. The van der Waals surface area contributed by atoms with Crippen molar-refractivity contribution in [2.24, 2.45) is 0 Å². The zero-order valence-electron chi connectivity index (χ0n) is 13.2. The average molecular weight is 373 g/mol. The summed E-state index contributed by atoms with van der Waals surface area (Å²) in [6, 6.07) is 13.6. The molecular weight excluding hydrogens is 360 g/mol. The van der Waals surface area contributed by atoms with Gasteiger partial charge in [0.15, 0.2) is 0 Å². The van der Waals surface area contributed by atoms with E-state index in [1.165, 1.54) is 6.92 Å². The van der Waals surface area contributed by atoms with Gasteiger partial charge >= 0.3 is 0 Å². The van der Waals surface area contributed by atoms with E-state index in [0.717, 1.165) is 22.2 Å². The molecule has 5 nitrogen and oxygen atoms in total. The molecule has 0 atom stereocenters. The highest BCUT2D eigenvalue weighted by molar-refractivity contribution is 8.19. The molecule has 0 bridgehead atoms. The predicted octanol–water partition coefficient (Wildman–Crippen LogP) is 4.54. The molecule has 1 N–H and O–H groups in total. The van der Waals surface area contributed by atoms with Crippen LogP contribution < -0.4 is 10.2 Å². The van der Waals surface area contributed by atoms with Crippen molar-refractivity contribution in [2.45, 2.75) is 6.92 Å². The van der Waals surface area contributed by atoms with Gasteiger partial charge in [0, 0.05) is 17.6 Å². The highest BCUT2D eigenvalue weighted by Crippen LogP contribution is 2.36. The van der Waals surface area contributed by atoms with Crippen molar-refractivity contribution in [3.05, 3.63) is 64.0 Å². The van der Waals surface area contributed by atoms with Crippen LogP contribution in [0.2, 0.25) is 5.02 Å². The molecule has 1 fully saturated rings. The molecule has 3 amide bonds. The van der Waals surface area contributed by atoms with Crippen LogP contribution in [-0.2, 0) is 9.59 Å². The Morgan fingerprint density at radius 1 is 1.16 bits per heavy atom. The van der Waals surface area contributed by atoms with E-state index in [4.69, 9.17) is 11.6 Å². The molecule has 0 saturated carbocycles. The second kappa shape index (κ2) is 7.13. The summed E-state index contributed by atoms with van der Waals surface area (Å²) < 4.78 is 0. The van der Waals surface area contributed by atoms with Crippen molar-refractivity contribution in [2.75, 3.05) is 10.2 Å². The van der Waals surface area contributed by atoms with Gasteiger partial charge in [-0.25, -0.2) is 4.90 Å². The van der Waals surface area contributed by atoms with Gasteiger partial charge in [-0.2, -0.15) is 0 Å². The summed E-state index contributed by atoms with van der Waals surface area (Å²) in [4.78, 5) is 37.2. The quantitative estimate of drug-likeness (QED) is 0.803. The Balaban J connectivity index is 1.84. The van der Waals surface area contributed by atoms with Gasteiger partial charge in [-0.1, -0.05) is 29.8 Å². The van der Waals surface area contributed by atoms with Gasteiger partial charge in [0.2, 0.25) is 5.91 Å². The van der Waals surface area contributed by atoms with Crippen LogP contribution in [0.5, 0.6) is 0 Å². The fourth-order valence-electron chi connectivity index (χ4n) is 2.32. The SMILES string of the molecule is CC(=O)Nc1ccc(/C=C2/SC(=O)N(c3cccc(Cl)c3)C2=O)cc1. The van der Waals surface area contributed by atoms with Crippen molar-refractivity contribution in [1.82, 2.24) is 0 Å². The largest absolute Gasteiger partial charge is 0.326 e. The van der Waals surface area contributed by atoms with Gasteiger partial charge in [-0.15, -0.1) is 0 Å². The number of nitrogens with zero attached hydrogens (tertiary/aromatic N) is 1. The van der Waals surface area contributed by atoms with E-state index in [2.05, 4.69) is 5.32 Å². The van der Waals surface area contributed by atoms with Crippen LogP contribution in [-0.4, -0.2) is 17.1 Å². The first-order chi connectivity index (χ1) is 11.9. The number of amides is 3. The van der Waals surface area contributed by atoms with Crippen molar-refractivity contribution in [1.29, 1.82) is 0 Å². The number of carbonyl (C=O) groups excluding carboxylic acids is 3. The minimum atomic E-state index is -0.386. The Labute approximate surface area is 153 Å². The van der Waals surface area contributed by atoms with Gasteiger partial charge in [0.25, 0.3) is 11.1 Å². The lowest BCUT2D eigenvalue weighted by atomic mass is 10.2. The Kier molecular flexibility index (Phi) is 4.92. The number of thioether (sulfide) groups is 1. The van der Waals surface area contributed by atoms with Gasteiger partial charge < -0.3 is 5.32 Å². The van der Waals surface area contributed by atoms with Gasteiger partial charge in [0.1, 0.15) is 0 Å². The first-order valence-electron chi connectivity index (χ1n) is 7.35. The van der Waals surface area contributed by atoms with E-state index >= 15 is 0 Å². The number of hydrogen-bond acceptors (Lipinski definition) is 4. The number of rotatable bonds is 3. The van der Waals surface area contributed by atoms with Crippen molar-refractivity contribution < 1.29 is 14.4 Å². The summed E-state index contributed by atoms with van der Waals surface area (Å²) in [5, 5.41) is 2.75. The fraction of sp³-hybridized carbons (Fsp3) is 0.0556. The number of imide groups is 1. The van der Waals surface area contributed by atoms with E-state index in [1.807, 2.05) is 0 Å². The maximum absolute atomic E-state index is 12.6. The van der Waals surface area contributed by atoms with Crippen LogP contribution in [0.25, 0.3) is 6.08 Å². The Bertz CT molecular complexity index is 893. The maximum atomic E-state index is 12.6. The summed E-state index contributed by atoms with van der Waals surface area (Å²) in [5.41, 5.74) is 1.86. The molecule has 25 heavy (non-hydrogen) atoms. The fourth-order valence-corrected chi connectivity index (χ4v) is 3.35. The third kappa shape index (κ3) is 3.92. The van der Waals surface area contributed by atoms with E-state index < -0.39 is 0 Å². The second-order valence-electron chi connectivity index (χ2n) is 5.30. The van der Waals surface area contributed by atoms with Gasteiger partial charge in [-0.3, -0.25) is 14.4 Å². The number of benzene rings is 2. The van der Waals surface area contributed by atoms with E-state index in [9.17, 15) is 14.4 Å². The summed E-state index contributed by atoms with van der Waals surface area (Å²) in [5.74, 6) is -0.543. The Morgan fingerprint density at radius 3 is 2.52 bits per heavy atom. The monoisotopic (exact) mass is 372 g/mol. The summed E-state index contributed by atoms with van der Waals surface area (Å²) in [6.45, 7) is 1.43. The van der Waals surface area contributed by atoms with Crippen molar-refractivity contribution in [3.63, 3.8) is 0 Å². The molecule has 0 aromatic heterocycles. The molecule has 1 heterocycles. The van der Waals surface area contributed by atoms with E-state index in [1.54, 1.807) is 54.6 Å². The zero-order valence-corrected chi connectivity index (χ0v) is 14.7. The Morgan fingerprint density at radius 2 is 1.88 bits per heavy atom. The first-order valence-corrected chi connectivity index (χ1v) is 8.54. The smallest absolute Gasteiger partial charge is 0.298 e. The Hall–Kier alpha value is -2.57. The van der Waals surface area contributed by atoms with Crippen LogP contribution in [0, 0.1) is 0 Å². The average Bonchev–Trinajstić information content (AvgIpc) is 2.83. The zero-order chi connectivity index (χ0) is 18.0. The highest BCUT2D eigenvalue weighted by Gasteiger charge is 2.36. The second-order valence-corrected chi connectivity index (χ2v) is 6.73. The predicted molar refractivity (Wildman–Crippen MR) is 101 cm³/mol. The van der Waals surface area contributed by atoms with Crippen LogP contribution in [0.1, 0.15) is 12.5 Å². The number of halogens is 1. The van der Waals surface area contributed by atoms with Crippen LogP contribution in [0.15, 0.2) is 53.4 Å². The molecule has 1 saturated heterocycles. The molecule has 7 heteroatoms. The van der Waals surface area contributed by atoms with Crippen LogP contribution in [0.4, 0.5) is 16.2 Å². The molecule has 126 valence electrons. The molecule has 0 radical (unpaired) electrons. The molecule has 2 aromatic carbocycles. The number of anilines is 2. The molecule has 1 aliphatic rings. The molecule has 3 rings (SSSR count). The van der Waals surface area contributed by atoms with Crippen LogP contribution >= 0.6 is 23.4 Å². The normalized spacial score (nSPS) is 15.8. The minimum absolute atomic E-state index is 0.157.